The molecule has 0 saturated heterocycles. The lowest BCUT2D eigenvalue weighted by molar-refractivity contribution is 0.0985. The Balaban J connectivity index is 1.61. The number of hydrogen-bond donors (Lipinski definition) is 1. The van der Waals surface area contributed by atoms with Gasteiger partial charge in [0.25, 0.3) is 5.91 Å². The number of carbonyl (C=O) groups excluding carboxylic acids is 1. The summed E-state index contributed by atoms with van der Waals surface area (Å²) in [4.78, 5) is 19.2. The van der Waals surface area contributed by atoms with E-state index < -0.39 is 0 Å². The summed E-state index contributed by atoms with van der Waals surface area (Å²) in [5.74, 6) is 0.580. The number of anilines is 3. The predicted molar refractivity (Wildman–Crippen MR) is 105 cm³/mol. The van der Waals surface area contributed by atoms with Gasteiger partial charge in [0, 0.05) is 24.0 Å². The summed E-state index contributed by atoms with van der Waals surface area (Å²) in [6.07, 6.45) is 3.62. The van der Waals surface area contributed by atoms with Crippen molar-refractivity contribution in [1.29, 1.82) is 0 Å². The normalized spacial score (nSPS) is 13.2. The van der Waals surface area contributed by atoms with Crippen LogP contribution in [0.3, 0.4) is 0 Å². The molecule has 0 radical (unpaired) electrons. The second kappa shape index (κ2) is 7.18. The molecule has 0 spiro atoms. The lowest BCUT2D eigenvalue weighted by atomic mass is 10.0. The van der Waals surface area contributed by atoms with Gasteiger partial charge < -0.3 is 10.2 Å². The molecule has 0 aliphatic carbocycles. The number of benzene rings is 2. The Bertz CT molecular complexity index is 957. The molecule has 0 unspecified atom stereocenters. The van der Waals surface area contributed by atoms with E-state index in [0.29, 0.717) is 16.4 Å². The summed E-state index contributed by atoms with van der Waals surface area (Å²) in [6.45, 7) is 0.728. The van der Waals surface area contributed by atoms with E-state index >= 15 is 0 Å². The number of pyridine rings is 1. The van der Waals surface area contributed by atoms with Gasteiger partial charge in [0.2, 0.25) is 0 Å². The maximum atomic E-state index is 13.1. The number of amides is 1. The monoisotopic (exact) mass is 363 g/mol. The van der Waals surface area contributed by atoms with E-state index in [1.54, 1.807) is 18.3 Å². The second-order valence-electron chi connectivity index (χ2n) is 6.22. The van der Waals surface area contributed by atoms with E-state index in [1.165, 1.54) is 5.56 Å². The first-order valence-electron chi connectivity index (χ1n) is 8.60. The lowest BCUT2D eigenvalue weighted by Gasteiger charge is -2.29. The van der Waals surface area contributed by atoms with Gasteiger partial charge in [0.05, 0.1) is 10.7 Å². The Kier molecular flexibility index (Phi) is 4.59. The quantitative estimate of drug-likeness (QED) is 0.706. The number of rotatable bonds is 3. The van der Waals surface area contributed by atoms with E-state index in [1.807, 2.05) is 47.4 Å². The van der Waals surface area contributed by atoms with Gasteiger partial charge in [-0.1, -0.05) is 41.9 Å². The minimum atomic E-state index is -0.0123. The van der Waals surface area contributed by atoms with Crippen LogP contribution < -0.4 is 10.2 Å². The molecule has 1 amide bonds. The average Bonchev–Trinajstić information content (AvgIpc) is 2.69. The lowest BCUT2D eigenvalue weighted by Crippen LogP contribution is -2.35. The summed E-state index contributed by atoms with van der Waals surface area (Å²) in [7, 11) is 0. The largest absolute Gasteiger partial charge is 0.339 e. The topological polar surface area (TPSA) is 45.2 Å². The maximum Gasteiger partial charge on any atom is 0.258 e. The highest BCUT2D eigenvalue weighted by atomic mass is 35.5. The Morgan fingerprint density at radius 3 is 2.77 bits per heavy atom. The van der Waals surface area contributed by atoms with Gasteiger partial charge in [-0.3, -0.25) is 4.79 Å². The molecule has 0 bridgehead atoms. The number of para-hydroxylation sites is 2. The molecular weight excluding hydrogens is 346 g/mol. The zero-order valence-corrected chi connectivity index (χ0v) is 14.9. The Morgan fingerprint density at radius 1 is 1.08 bits per heavy atom. The zero-order chi connectivity index (χ0) is 17.9. The van der Waals surface area contributed by atoms with Crippen molar-refractivity contribution < 1.29 is 4.79 Å². The summed E-state index contributed by atoms with van der Waals surface area (Å²) in [6, 6.07) is 19.1. The number of hydrogen-bond acceptors (Lipinski definition) is 3. The first-order valence-corrected chi connectivity index (χ1v) is 8.97. The van der Waals surface area contributed by atoms with Crippen LogP contribution >= 0.6 is 11.6 Å². The summed E-state index contributed by atoms with van der Waals surface area (Å²) in [5, 5.41) is 3.78. The van der Waals surface area contributed by atoms with E-state index in [2.05, 4.69) is 16.4 Å². The first kappa shape index (κ1) is 16.6. The van der Waals surface area contributed by atoms with Gasteiger partial charge in [-0.05, 0) is 48.7 Å². The minimum absolute atomic E-state index is 0.0123. The number of carbonyl (C=O) groups is 1. The van der Waals surface area contributed by atoms with Gasteiger partial charge in [-0.25, -0.2) is 4.98 Å². The molecule has 1 aliphatic rings. The van der Waals surface area contributed by atoms with Crippen LogP contribution in [0.25, 0.3) is 0 Å². The average molecular weight is 364 g/mol. The van der Waals surface area contributed by atoms with Crippen LogP contribution in [0.2, 0.25) is 5.02 Å². The van der Waals surface area contributed by atoms with Crippen LogP contribution in [-0.4, -0.2) is 17.4 Å². The molecule has 1 N–H and O–H groups in total. The number of halogens is 1. The number of fused-ring (bicyclic) bond motifs is 1. The van der Waals surface area contributed by atoms with Crippen molar-refractivity contribution in [2.24, 2.45) is 0 Å². The van der Waals surface area contributed by atoms with E-state index in [9.17, 15) is 4.79 Å². The van der Waals surface area contributed by atoms with Crippen LogP contribution in [-0.2, 0) is 6.42 Å². The van der Waals surface area contributed by atoms with Crippen molar-refractivity contribution in [2.75, 3.05) is 16.8 Å². The molecule has 0 saturated carbocycles. The molecule has 130 valence electrons. The van der Waals surface area contributed by atoms with Crippen molar-refractivity contribution >= 4 is 34.7 Å². The molecule has 0 atom stereocenters. The van der Waals surface area contributed by atoms with Crippen molar-refractivity contribution in [1.82, 2.24) is 4.98 Å². The minimum Gasteiger partial charge on any atom is -0.339 e. The van der Waals surface area contributed by atoms with Crippen molar-refractivity contribution in [3.05, 3.63) is 83.0 Å². The van der Waals surface area contributed by atoms with E-state index in [0.717, 1.165) is 30.8 Å². The van der Waals surface area contributed by atoms with Crippen LogP contribution in [0.4, 0.5) is 17.2 Å². The van der Waals surface area contributed by atoms with Gasteiger partial charge in [0.1, 0.15) is 5.82 Å². The van der Waals surface area contributed by atoms with Crippen LogP contribution in [0.15, 0.2) is 66.9 Å². The van der Waals surface area contributed by atoms with Gasteiger partial charge in [-0.15, -0.1) is 0 Å². The molecule has 1 aliphatic heterocycles. The maximum absolute atomic E-state index is 13.1. The highest BCUT2D eigenvalue weighted by Gasteiger charge is 2.23. The van der Waals surface area contributed by atoms with Crippen molar-refractivity contribution in [3.8, 4) is 0 Å². The van der Waals surface area contributed by atoms with Crippen LogP contribution in [0.1, 0.15) is 22.3 Å². The highest BCUT2D eigenvalue weighted by Crippen LogP contribution is 2.29. The summed E-state index contributed by atoms with van der Waals surface area (Å²) in [5.41, 5.74) is 3.58. The van der Waals surface area contributed by atoms with Crippen molar-refractivity contribution in [3.63, 3.8) is 0 Å². The van der Waals surface area contributed by atoms with Crippen LogP contribution in [0.5, 0.6) is 0 Å². The second-order valence-corrected chi connectivity index (χ2v) is 6.63. The van der Waals surface area contributed by atoms with Crippen molar-refractivity contribution in [2.45, 2.75) is 12.8 Å². The van der Waals surface area contributed by atoms with Gasteiger partial charge >= 0.3 is 0 Å². The molecule has 2 heterocycles. The Hall–Kier alpha value is -2.85. The summed E-state index contributed by atoms with van der Waals surface area (Å²) < 4.78 is 0. The first-order chi connectivity index (χ1) is 12.7. The predicted octanol–water partition coefficient (Wildman–Crippen LogP) is 5.07. The fourth-order valence-electron chi connectivity index (χ4n) is 3.23. The van der Waals surface area contributed by atoms with Gasteiger partial charge in [0.15, 0.2) is 0 Å². The number of nitrogens with one attached hydrogen (secondary N) is 1. The third-order valence-corrected chi connectivity index (χ3v) is 4.83. The fraction of sp³-hybridized carbons (Fsp3) is 0.143. The smallest absolute Gasteiger partial charge is 0.258 e. The molecule has 3 aromatic rings. The van der Waals surface area contributed by atoms with E-state index in [-0.39, 0.29) is 5.91 Å². The number of nitrogens with zero attached hydrogens (tertiary/aromatic N) is 2. The molecule has 5 heteroatoms. The molecule has 0 fully saturated rings. The number of aryl methyl sites for hydroxylation is 1. The van der Waals surface area contributed by atoms with Gasteiger partial charge in [-0.2, -0.15) is 0 Å². The molecule has 4 rings (SSSR count). The number of aromatic nitrogens is 1. The molecule has 1 aromatic heterocycles. The molecule has 2 aromatic carbocycles. The van der Waals surface area contributed by atoms with E-state index in [4.69, 9.17) is 11.6 Å². The zero-order valence-electron chi connectivity index (χ0n) is 14.2. The Labute approximate surface area is 157 Å². The summed E-state index contributed by atoms with van der Waals surface area (Å²) >= 11 is 6.19. The van der Waals surface area contributed by atoms with Crippen LogP contribution in [0, 0.1) is 0 Å². The molecule has 26 heavy (non-hydrogen) atoms. The third-order valence-electron chi connectivity index (χ3n) is 4.50. The highest BCUT2D eigenvalue weighted by molar-refractivity contribution is 6.33. The molecular formula is C21H18ClN3O. The fourth-order valence-corrected chi connectivity index (χ4v) is 3.42. The third kappa shape index (κ3) is 3.28. The SMILES string of the molecule is O=C(c1ccnc(Nc2ccccc2Cl)c1)N1CCCc2ccccc21. The Morgan fingerprint density at radius 2 is 1.88 bits per heavy atom. The standard InChI is InChI=1S/C21H18ClN3O/c22-17-8-2-3-9-18(17)24-20-14-16(11-12-23-20)21(26)25-13-5-7-15-6-1-4-10-19(15)25/h1-4,6,8-12,14H,5,7,13H2,(H,23,24). The molecule has 4 nitrogen and oxygen atoms in total.